The summed E-state index contributed by atoms with van der Waals surface area (Å²) in [4.78, 5) is 10.9. The van der Waals surface area contributed by atoms with Crippen molar-refractivity contribution < 1.29 is 9.90 Å². The van der Waals surface area contributed by atoms with Crippen molar-refractivity contribution in [1.29, 1.82) is 0 Å². The number of carboxylic acid groups (broad SMARTS) is 1. The fourth-order valence-electron chi connectivity index (χ4n) is 1.53. The molecule has 0 spiro atoms. The van der Waals surface area contributed by atoms with Crippen molar-refractivity contribution in [2.45, 2.75) is 32.2 Å². The highest BCUT2D eigenvalue weighted by atomic mass is 79.9. The lowest BCUT2D eigenvalue weighted by Gasteiger charge is -2.29. The molecule has 0 radical (unpaired) electrons. The molecule has 0 saturated heterocycles. The van der Waals surface area contributed by atoms with Crippen molar-refractivity contribution >= 4 is 21.9 Å². The van der Waals surface area contributed by atoms with Crippen molar-refractivity contribution in [2.75, 3.05) is 0 Å². The van der Waals surface area contributed by atoms with Crippen LogP contribution in [-0.4, -0.2) is 17.1 Å². The predicted octanol–water partition coefficient (Wildman–Crippen LogP) is 2.45. The lowest BCUT2D eigenvalue weighted by Crippen LogP contribution is -2.46. The average Bonchev–Trinajstić information content (AvgIpc) is 2.20. The molecule has 0 bridgehead atoms. The van der Waals surface area contributed by atoms with Gasteiger partial charge in [-0.05, 0) is 24.1 Å². The van der Waals surface area contributed by atoms with E-state index in [1.807, 2.05) is 39.0 Å². The van der Waals surface area contributed by atoms with Gasteiger partial charge in [-0.15, -0.1) is 0 Å². The highest BCUT2D eigenvalue weighted by molar-refractivity contribution is 9.10. The Bertz CT molecular complexity index is 415. The Morgan fingerprint density at radius 3 is 2.50 bits per heavy atom. The van der Waals surface area contributed by atoms with Gasteiger partial charge < -0.3 is 10.8 Å². The number of aryl methyl sites for hydroxylation is 1. The molecule has 3 N–H and O–H groups in total. The van der Waals surface area contributed by atoms with Crippen LogP contribution in [0.2, 0.25) is 0 Å². The summed E-state index contributed by atoms with van der Waals surface area (Å²) >= 11 is 3.41. The summed E-state index contributed by atoms with van der Waals surface area (Å²) in [6.45, 7) is 5.65. The summed E-state index contributed by atoms with van der Waals surface area (Å²) in [5, 5.41) is 8.97. The van der Waals surface area contributed by atoms with Gasteiger partial charge in [-0.3, -0.25) is 4.79 Å². The van der Waals surface area contributed by atoms with Crippen LogP contribution in [0.3, 0.4) is 0 Å². The second kappa shape index (κ2) is 4.55. The number of aliphatic carboxylic acids is 1. The second-order valence-electron chi connectivity index (χ2n) is 4.50. The Morgan fingerprint density at radius 1 is 1.50 bits per heavy atom. The van der Waals surface area contributed by atoms with Crippen molar-refractivity contribution in [1.82, 2.24) is 0 Å². The first-order chi connectivity index (χ1) is 7.26. The Labute approximate surface area is 104 Å². The van der Waals surface area contributed by atoms with E-state index in [9.17, 15) is 4.79 Å². The number of halogens is 1. The van der Waals surface area contributed by atoms with E-state index in [4.69, 9.17) is 10.8 Å². The molecule has 1 aromatic carbocycles. The van der Waals surface area contributed by atoms with E-state index < -0.39 is 17.4 Å². The third-order valence-electron chi connectivity index (χ3n) is 2.95. The van der Waals surface area contributed by atoms with Crippen molar-refractivity contribution in [3.05, 3.63) is 33.8 Å². The summed E-state index contributed by atoms with van der Waals surface area (Å²) in [5.74, 6) is -0.981. The quantitative estimate of drug-likeness (QED) is 0.897. The summed E-state index contributed by atoms with van der Waals surface area (Å²) in [5.41, 5.74) is 7.12. The average molecular weight is 286 g/mol. The normalized spacial score (nSPS) is 13.6. The monoisotopic (exact) mass is 285 g/mol. The molecule has 88 valence electrons. The van der Waals surface area contributed by atoms with E-state index in [2.05, 4.69) is 15.9 Å². The van der Waals surface area contributed by atoms with E-state index in [1.165, 1.54) is 0 Å². The first-order valence-corrected chi connectivity index (χ1v) is 5.81. The zero-order valence-corrected chi connectivity index (χ0v) is 11.2. The highest BCUT2D eigenvalue weighted by Crippen LogP contribution is 2.29. The van der Waals surface area contributed by atoms with Crippen LogP contribution in [0.1, 0.15) is 25.0 Å². The zero-order valence-electron chi connectivity index (χ0n) is 9.62. The van der Waals surface area contributed by atoms with Gasteiger partial charge in [-0.1, -0.05) is 41.9 Å². The standard InChI is InChI=1S/C12H16BrNO2/c1-7-6-8(4-5-9(7)13)12(2,3)10(14)11(15)16/h4-6,10H,14H2,1-3H3,(H,15,16). The van der Waals surface area contributed by atoms with Gasteiger partial charge in [0.05, 0.1) is 0 Å². The van der Waals surface area contributed by atoms with Crippen LogP contribution in [-0.2, 0) is 10.2 Å². The van der Waals surface area contributed by atoms with Gasteiger partial charge in [0.25, 0.3) is 0 Å². The molecule has 1 rings (SSSR count). The number of carbonyl (C=O) groups is 1. The minimum absolute atomic E-state index is 0.586. The first kappa shape index (κ1) is 13.2. The smallest absolute Gasteiger partial charge is 0.321 e. The van der Waals surface area contributed by atoms with Gasteiger partial charge in [0.2, 0.25) is 0 Å². The lowest BCUT2D eigenvalue weighted by atomic mass is 9.78. The molecule has 0 amide bonds. The van der Waals surface area contributed by atoms with Crippen LogP contribution in [0.4, 0.5) is 0 Å². The van der Waals surface area contributed by atoms with Crippen molar-refractivity contribution in [3.63, 3.8) is 0 Å². The van der Waals surface area contributed by atoms with E-state index in [0.29, 0.717) is 0 Å². The van der Waals surface area contributed by atoms with Crippen LogP contribution < -0.4 is 5.73 Å². The lowest BCUT2D eigenvalue weighted by molar-refractivity contribution is -0.140. The topological polar surface area (TPSA) is 63.3 Å². The number of rotatable bonds is 3. The Hall–Kier alpha value is -0.870. The van der Waals surface area contributed by atoms with E-state index in [-0.39, 0.29) is 0 Å². The van der Waals surface area contributed by atoms with Gasteiger partial charge in [0.1, 0.15) is 6.04 Å². The number of nitrogens with two attached hydrogens (primary N) is 1. The summed E-state index contributed by atoms with van der Waals surface area (Å²) in [6.07, 6.45) is 0. The van der Waals surface area contributed by atoms with Gasteiger partial charge in [-0.2, -0.15) is 0 Å². The molecule has 0 aliphatic heterocycles. The molecular weight excluding hydrogens is 270 g/mol. The fourth-order valence-corrected chi connectivity index (χ4v) is 1.78. The van der Waals surface area contributed by atoms with Crippen molar-refractivity contribution in [3.8, 4) is 0 Å². The maximum absolute atomic E-state index is 10.9. The fraction of sp³-hybridized carbons (Fsp3) is 0.417. The molecule has 4 heteroatoms. The van der Waals surface area contributed by atoms with Crippen molar-refractivity contribution in [2.24, 2.45) is 5.73 Å². The molecule has 1 aromatic rings. The third-order valence-corrected chi connectivity index (χ3v) is 3.84. The van der Waals surface area contributed by atoms with Crippen LogP contribution in [0, 0.1) is 6.92 Å². The van der Waals surface area contributed by atoms with E-state index in [1.54, 1.807) is 0 Å². The van der Waals surface area contributed by atoms with Gasteiger partial charge >= 0.3 is 5.97 Å². The SMILES string of the molecule is Cc1cc(C(C)(C)C(N)C(=O)O)ccc1Br. The molecule has 0 saturated carbocycles. The molecule has 16 heavy (non-hydrogen) atoms. The maximum Gasteiger partial charge on any atom is 0.321 e. The predicted molar refractivity (Wildman–Crippen MR) is 67.5 cm³/mol. The van der Waals surface area contributed by atoms with Crippen LogP contribution in [0.5, 0.6) is 0 Å². The molecule has 0 aromatic heterocycles. The minimum atomic E-state index is -0.981. The van der Waals surface area contributed by atoms with Gasteiger partial charge in [0, 0.05) is 9.89 Å². The Balaban J connectivity index is 3.16. The third kappa shape index (κ3) is 2.44. The van der Waals surface area contributed by atoms with Crippen LogP contribution in [0.15, 0.2) is 22.7 Å². The first-order valence-electron chi connectivity index (χ1n) is 5.02. The molecule has 3 nitrogen and oxygen atoms in total. The van der Waals surface area contributed by atoms with E-state index >= 15 is 0 Å². The molecular formula is C12H16BrNO2. The summed E-state index contributed by atoms with van der Waals surface area (Å²) in [7, 11) is 0. The van der Waals surface area contributed by atoms with Crippen LogP contribution >= 0.6 is 15.9 Å². The Morgan fingerprint density at radius 2 is 2.06 bits per heavy atom. The van der Waals surface area contributed by atoms with Crippen LogP contribution in [0.25, 0.3) is 0 Å². The molecule has 1 unspecified atom stereocenters. The summed E-state index contributed by atoms with van der Waals surface area (Å²) in [6, 6.07) is 4.88. The second-order valence-corrected chi connectivity index (χ2v) is 5.36. The zero-order chi connectivity index (χ0) is 12.5. The minimum Gasteiger partial charge on any atom is -0.480 e. The molecule has 0 aliphatic rings. The molecule has 0 heterocycles. The number of benzene rings is 1. The molecule has 1 atom stereocenters. The number of hydrogen-bond acceptors (Lipinski definition) is 2. The Kier molecular flexibility index (Phi) is 3.76. The largest absolute Gasteiger partial charge is 0.480 e. The highest BCUT2D eigenvalue weighted by Gasteiger charge is 2.33. The molecule has 0 fully saturated rings. The number of carboxylic acids is 1. The van der Waals surface area contributed by atoms with E-state index in [0.717, 1.165) is 15.6 Å². The van der Waals surface area contributed by atoms with Gasteiger partial charge in [-0.25, -0.2) is 0 Å². The summed E-state index contributed by atoms with van der Waals surface area (Å²) < 4.78 is 1.01. The molecule has 0 aliphatic carbocycles. The van der Waals surface area contributed by atoms with Gasteiger partial charge in [0.15, 0.2) is 0 Å². The number of hydrogen-bond donors (Lipinski definition) is 2. The maximum atomic E-state index is 10.9.